The van der Waals surface area contributed by atoms with E-state index in [4.69, 9.17) is 0 Å². The van der Waals surface area contributed by atoms with Crippen LogP contribution >= 0.6 is 0 Å². The quantitative estimate of drug-likeness (QED) is 0.719. The minimum absolute atomic E-state index is 0.0826. The van der Waals surface area contributed by atoms with Crippen molar-refractivity contribution in [3.63, 3.8) is 0 Å². The fourth-order valence-electron chi connectivity index (χ4n) is 2.66. The van der Waals surface area contributed by atoms with E-state index in [-0.39, 0.29) is 23.6 Å². The van der Waals surface area contributed by atoms with Gasteiger partial charge in [0, 0.05) is 22.8 Å². The number of para-hydroxylation sites is 1. The van der Waals surface area contributed by atoms with Gasteiger partial charge in [-0.2, -0.15) is 13.2 Å². The maximum atomic E-state index is 12.9. The predicted molar refractivity (Wildman–Crippen MR) is 86.8 cm³/mol. The van der Waals surface area contributed by atoms with Crippen molar-refractivity contribution in [2.45, 2.75) is 19.5 Å². The molecule has 1 aromatic heterocycles. The standard InChI is InChI=1S/C18H15F3N2O/c1-11-6-7-13(9-15(11)18(19,20)21)23-17(24)8-12-10-22-16-5-3-2-4-14(12)16/h2-7,9-10,22H,8H2,1H3,(H,23,24). The molecule has 0 unspecified atom stereocenters. The van der Waals surface area contributed by atoms with Crippen LogP contribution in [0.2, 0.25) is 0 Å². The van der Waals surface area contributed by atoms with Crippen LogP contribution in [-0.2, 0) is 17.4 Å². The second-order valence-electron chi connectivity index (χ2n) is 5.61. The smallest absolute Gasteiger partial charge is 0.361 e. The number of anilines is 1. The third kappa shape index (κ3) is 3.27. The minimum atomic E-state index is -4.44. The van der Waals surface area contributed by atoms with Gasteiger partial charge in [0.05, 0.1) is 12.0 Å². The topological polar surface area (TPSA) is 44.9 Å². The fourth-order valence-corrected chi connectivity index (χ4v) is 2.66. The number of nitrogens with one attached hydrogen (secondary N) is 2. The number of carbonyl (C=O) groups excluding carboxylic acids is 1. The Kier molecular flexibility index (Phi) is 4.05. The first-order chi connectivity index (χ1) is 11.3. The van der Waals surface area contributed by atoms with Gasteiger partial charge in [-0.3, -0.25) is 4.79 Å². The van der Waals surface area contributed by atoms with Crippen LogP contribution < -0.4 is 5.32 Å². The number of benzene rings is 2. The molecule has 3 aromatic rings. The molecule has 0 radical (unpaired) electrons. The molecule has 2 aromatic carbocycles. The van der Waals surface area contributed by atoms with Crippen molar-refractivity contribution in [2.24, 2.45) is 0 Å². The zero-order valence-corrected chi connectivity index (χ0v) is 12.9. The number of carbonyl (C=O) groups is 1. The number of H-pyrrole nitrogens is 1. The number of hydrogen-bond donors (Lipinski definition) is 2. The van der Waals surface area contributed by atoms with Gasteiger partial charge in [-0.25, -0.2) is 0 Å². The molecule has 1 heterocycles. The van der Waals surface area contributed by atoms with E-state index in [0.717, 1.165) is 22.5 Å². The molecule has 124 valence electrons. The predicted octanol–water partition coefficient (Wildman–Crippen LogP) is 4.68. The van der Waals surface area contributed by atoms with Gasteiger partial charge in [0.25, 0.3) is 0 Å². The molecule has 6 heteroatoms. The number of fused-ring (bicyclic) bond motifs is 1. The maximum Gasteiger partial charge on any atom is 0.416 e. The molecule has 0 aliphatic heterocycles. The van der Waals surface area contributed by atoms with Crippen molar-refractivity contribution in [1.29, 1.82) is 0 Å². The Morgan fingerprint density at radius 2 is 1.92 bits per heavy atom. The molecule has 24 heavy (non-hydrogen) atoms. The van der Waals surface area contributed by atoms with Gasteiger partial charge in [0.2, 0.25) is 5.91 Å². The Bertz CT molecular complexity index is 897. The average molecular weight is 332 g/mol. The Morgan fingerprint density at radius 3 is 2.67 bits per heavy atom. The van der Waals surface area contributed by atoms with Gasteiger partial charge in [-0.15, -0.1) is 0 Å². The number of aromatic amines is 1. The van der Waals surface area contributed by atoms with Gasteiger partial charge in [0.1, 0.15) is 0 Å². The highest BCUT2D eigenvalue weighted by Gasteiger charge is 2.32. The third-order valence-electron chi connectivity index (χ3n) is 3.85. The van der Waals surface area contributed by atoms with E-state index in [0.29, 0.717) is 0 Å². The molecule has 2 N–H and O–H groups in total. The van der Waals surface area contributed by atoms with Gasteiger partial charge in [-0.1, -0.05) is 24.3 Å². The monoisotopic (exact) mass is 332 g/mol. The van der Waals surface area contributed by atoms with Crippen molar-refractivity contribution in [1.82, 2.24) is 4.98 Å². The Labute approximate surface area is 136 Å². The second kappa shape index (κ2) is 6.03. The van der Waals surface area contributed by atoms with Gasteiger partial charge in [0.15, 0.2) is 0 Å². The van der Waals surface area contributed by atoms with Crippen LogP contribution in [0.15, 0.2) is 48.7 Å². The van der Waals surface area contributed by atoms with Gasteiger partial charge in [-0.05, 0) is 36.2 Å². The zero-order valence-electron chi connectivity index (χ0n) is 12.9. The Morgan fingerprint density at radius 1 is 1.17 bits per heavy atom. The Balaban J connectivity index is 1.78. The largest absolute Gasteiger partial charge is 0.416 e. The zero-order chi connectivity index (χ0) is 17.3. The van der Waals surface area contributed by atoms with Crippen LogP contribution in [0.1, 0.15) is 16.7 Å². The van der Waals surface area contributed by atoms with E-state index in [1.807, 2.05) is 24.3 Å². The molecule has 0 aliphatic carbocycles. The summed E-state index contributed by atoms with van der Waals surface area (Å²) in [6.07, 6.45) is -2.62. The van der Waals surface area contributed by atoms with Crippen LogP contribution in [0.4, 0.5) is 18.9 Å². The van der Waals surface area contributed by atoms with Gasteiger partial charge < -0.3 is 10.3 Å². The molecular formula is C18H15F3N2O. The van der Waals surface area contributed by atoms with Crippen molar-refractivity contribution in [3.8, 4) is 0 Å². The van der Waals surface area contributed by atoms with Crippen molar-refractivity contribution < 1.29 is 18.0 Å². The first kappa shape index (κ1) is 16.1. The highest BCUT2D eigenvalue weighted by molar-refractivity contribution is 5.95. The molecular weight excluding hydrogens is 317 g/mol. The van der Waals surface area contributed by atoms with E-state index in [1.54, 1.807) is 6.20 Å². The lowest BCUT2D eigenvalue weighted by molar-refractivity contribution is -0.138. The lowest BCUT2D eigenvalue weighted by Crippen LogP contribution is -2.15. The minimum Gasteiger partial charge on any atom is -0.361 e. The first-order valence-electron chi connectivity index (χ1n) is 7.37. The lowest BCUT2D eigenvalue weighted by atomic mass is 10.1. The lowest BCUT2D eigenvalue weighted by Gasteiger charge is -2.12. The van der Waals surface area contributed by atoms with Crippen LogP contribution in [-0.4, -0.2) is 10.9 Å². The highest BCUT2D eigenvalue weighted by atomic mass is 19.4. The van der Waals surface area contributed by atoms with Crippen molar-refractivity contribution in [2.75, 3.05) is 5.32 Å². The summed E-state index contributed by atoms with van der Waals surface area (Å²) in [4.78, 5) is 15.2. The number of aromatic nitrogens is 1. The molecule has 0 aliphatic rings. The third-order valence-corrected chi connectivity index (χ3v) is 3.85. The van der Waals surface area contributed by atoms with E-state index < -0.39 is 11.7 Å². The summed E-state index contributed by atoms with van der Waals surface area (Å²) < 4.78 is 38.8. The SMILES string of the molecule is Cc1ccc(NC(=O)Cc2c[nH]c3ccccc23)cc1C(F)(F)F. The summed E-state index contributed by atoms with van der Waals surface area (Å²) in [5.74, 6) is -0.364. The highest BCUT2D eigenvalue weighted by Crippen LogP contribution is 2.33. The first-order valence-corrected chi connectivity index (χ1v) is 7.37. The van der Waals surface area contributed by atoms with Crippen LogP contribution in [0.3, 0.4) is 0 Å². The normalized spacial score (nSPS) is 11.7. The molecule has 0 saturated carbocycles. The average Bonchev–Trinajstić information content (AvgIpc) is 2.91. The molecule has 0 bridgehead atoms. The van der Waals surface area contributed by atoms with Gasteiger partial charge >= 0.3 is 6.18 Å². The summed E-state index contributed by atoms with van der Waals surface area (Å²) in [5.41, 5.74) is 1.23. The molecule has 3 nitrogen and oxygen atoms in total. The molecule has 0 atom stereocenters. The van der Waals surface area contributed by atoms with E-state index in [1.165, 1.54) is 19.1 Å². The number of alkyl halides is 3. The summed E-state index contributed by atoms with van der Waals surface area (Å²) in [5, 5.41) is 3.46. The van der Waals surface area contributed by atoms with Crippen LogP contribution in [0, 0.1) is 6.92 Å². The van der Waals surface area contributed by atoms with Crippen LogP contribution in [0.25, 0.3) is 10.9 Å². The molecule has 0 spiro atoms. The van der Waals surface area contributed by atoms with Crippen molar-refractivity contribution >= 4 is 22.5 Å². The summed E-state index contributed by atoms with van der Waals surface area (Å²) in [6, 6.07) is 11.3. The van der Waals surface area contributed by atoms with E-state index in [2.05, 4.69) is 10.3 Å². The number of rotatable bonds is 3. The van der Waals surface area contributed by atoms with E-state index >= 15 is 0 Å². The maximum absolute atomic E-state index is 12.9. The summed E-state index contributed by atoms with van der Waals surface area (Å²) in [6.45, 7) is 1.39. The van der Waals surface area contributed by atoms with Crippen molar-refractivity contribution in [3.05, 3.63) is 65.4 Å². The fraction of sp³-hybridized carbons (Fsp3) is 0.167. The number of halogens is 3. The number of hydrogen-bond acceptors (Lipinski definition) is 1. The number of amides is 1. The second-order valence-corrected chi connectivity index (χ2v) is 5.61. The summed E-state index contributed by atoms with van der Waals surface area (Å²) >= 11 is 0. The molecule has 0 fully saturated rings. The van der Waals surface area contributed by atoms with Crippen LogP contribution in [0.5, 0.6) is 0 Å². The van der Waals surface area contributed by atoms with E-state index in [9.17, 15) is 18.0 Å². The molecule has 3 rings (SSSR count). The Hall–Kier alpha value is -2.76. The summed E-state index contributed by atoms with van der Waals surface area (Å²) in [7, 11) is 0. The number of aryl methyl sites for hydroxylation is 1. The molecule has 1 amide bonds. The molecule has 0 saturated heterocycles.